The minimum absolute atomic E-state index is 0.713. The summed E-state index contributed by atoms with van der Waals surface area (Å²) in [5.41, 5.74) is 7.43. The first-order chi connectivity index (χ1) is 10.3. The zero-order valence-electron chi connectivity index (χ0n) is 12.9. The Morgan fingerprint density at radius 3 is 2.67 bits per heavy atom. The lowest BCUT2D eigenvalue weighted by molar-refractivity contribution is 0.187. The molecule has 3 atom stereocenters. The van der Waals surface area contributed by atoms with Crippen molar-refractivity contribution in [2.75, 3.05) is 6.54 Å². The van der Waals surface area contributed by atoms with Crippen molar-refractivity contribution in [3.63, 3.8) is 0 Å². The van der Waals surface area contributed by atoms with Crippen molar-refractivity contribution < 1.29 is 0 Å². The Hall–Kier alpha value is -1.60. The predicted octanol–water partition coefficient (Wildman–Crippen LogP) is 4.36. The van der Waals surface area contributed by atoms with Crippen LogP contribution >= 0.6 is 0 Å². The molecule has 2 aliphatic rings. The average molecular weight is 277 g/mol. The van der Waals surface area contributed by atoms with E-state index < -0.39 is 0 Å². The third-order valence-corrected chi connectivity index (χ3v) is 5.49. The van der Waals surface area contributed by atoms with Crippen LogP contribution in [0.15, 0.2) is 42.5 Å². The number of hydrogen-bond acceptors (Lipinski definition) is 1. The van der Waals surface area contributed by atoms with E-state index in [-0.39, 0.29) is 0 Å². The summed E-state index contributed by atoms with van der Waals surface area (Å²) in [6.07, 6.45) is 2.40. The normalized spacial score (nSPS) is 26.1. The van der Waals surface area contributed by atoms with Gasteiger partial charge in [-0.1, -0.05) is 56.3 Å². The number of benzene rings is 2. The van der Waals surface area contributed by atoms with Crippen LogP contribution in [0.2, 0.25) is 0 Å². The third-order valence-electron chi connectivity index (χ3n) is 5.49. The van der Waals surface area contributed by atoms with Gasteiger partial charge in [-0.05, 0) is 59.0 Å². The molecule has 1 heteroatoms. The van der Waals surface area contributed by atoms with Crippen molar-refractivity contribution in [1.29, 1.82) is 0 Å². The van der Waals surface area contributed by atoms with Gasteiger partial charge in [-0.3, -0.25) is 0 Å². The van der Waals surface area contributed by atoms with Gasteiger partial charge in [0.05, 0.1) is 0 Å². The molecule has 2 aromatic rings. The molecule has 0 heterocycles. The van der Waals surface area contributed by atoms with Crippen LogP contribution in [0.1, 0.15) is 42.9 Å². The van der Waals surface area contributed by atoms with Gasteiger partial charge in [0.2, 0.25) is 0 Å². The predicted molar refractivity (Wildman–Crippen MR) is 88.7 cm³/mol. The Morgan fingerprint density at radius 2 is 1.86 bits per heavy atom. The monoisotopic (exact) mass is 277 g/mol. The lowest BCUT2D eigenvalue weighted by Gasteiger charge is -2.43. The highest BCUT2D eigenvalue weighted by Crippen LogP contribution is 2.45. The minimum atomic E-state index is 0.713. The molecule has 1 fully saturated rings. The molecule has 1 saturated carbocycles. The Balaban J connectivity index is 1.60. The smallest absolute Gasteiger partial charge is 0.0104 e. The molecule has 0 saturated heterocycles. The Bertz CT molecular complexity index is 673. The van der Waals surface area contributed by atoms with E-state index in [0.717, 1.165) is 24.8 Å². The maximum Gasteiger partial charge on any atom is 0.0104 e. The summed E-state index contributed by atoms with van der Waals surface area (Å²) >= 11 is 0. The topological polar surface area (TPSA) is 12.0 Å². The quantitative estimate of drug-likeness (QED) is 0.750. The van der Waals surface area contributed by atoms with E-state index in [1.165, 1.54) is 28.7 Å². The van der Waals surface area contributed by atoms with Gasteiger partial charge < -0.3 is 5.32 Å². The lowest BCUT2D eigenvalue weighted by atomic mass is 9.67. The fourth-order valence-electron chi connectivity index (χ4n) is 4.15. The summed E-state index contributed by atoms with van der Waals surface area (Å²) in [5, 5.41) is 3.60. The van der Waals surface area contributed by atoms with Crippen LogP contribution in [0, 0.1) is 5.92 Å². The van der Waals surface area contributed by atoms with Crippen molar-refractivity contribution in [2.24, 2.45) is 5.92 Å². The summed E-state index contributed by atoms with van der Waals surface area (Å²) in [7, 11) is 0. The second-order valence-electron chi connectivity index (χ2n) is 6.62. The molecule has 2 aliphatic carbocycles. The SMILES string of the molecule is CCNC1CC(c2ccc3c(c2)Cc2ccccc2-3)C1C. The largest absolute Gasteiger partial charge is 0.314 e. The second kappa shape index (κ2) is 4.99. The minimum Gasteiger partial charge on any atom is -0.314 e. The van der Waals surface area contributed by atoms with Crippen molar-refractivity contribution >= 4 is 0 Å². The number of hydrogen-bond donors (Lipinski definition) is 1. The number of fused-ring (bicyclic) bond motifs is 3. The molecular weight excluding hydrogens is 254 g/mol. The Kier molecular flexibility index (Phi) is 3.11. The van der Waals surface area contributed by atoms with Crippen LogP contribution in [-0.2, 0) is 6.42 Å². The van der Waals surface area contributed by atoms with E-state index in [9.17, 15) is 0 Å². The molecular formula is C20H23N. The van der Waals surface area contributed by atoms with Gasteiger partial charge in [-0.15, -0.1) is 0 Å². The van der Waals surface area contributed by atoms with Gasteiger partial charge in [-0.25, -0.2) is 0 Å². The van der Waals surface area contributed by atoms with Crippen LogP contribution in [-0.4, -0.2) is 12.6 Å². The third kappa shape index (κ3) is 2.03. The molecule has 2 aromatic carbocycles. The first kappa shape index (κ1) is 13.1. The molecule has 21 heavy (non-hydrogen) atoms. The van der Waals surface area contributed by atoms with Gasteiger partial charge >= 0.3 is 0 Å². The molecule has 0 bridgehead atoms. The summed E-state index contributed by atoms with van der Waals surface area (Å²) < 4.78 is 0. The van der Waals surface area contributed by atoms with Crippen molar-refractivity contribution in [2.45, 2.75) is 38.6 Å². The summed E-state index contributed by atoms with van der Waals surface area (Å²) in [6.45, 7) is 5.68. The summed E-state index contributed by atoms with van der Waals surface area (Å²) in [6, 6.07) is 16.7. The van der Waals surface area contributed by atoms with Crippen molar-refractivity contribution in [3.8, 4) is 11.1 Å². The first-order valence-electron chi connectivity index (χ1n) is 8.22. The fraction of sp³-hybridized carbons (Fsp3) is 0.400. The van der Waals surface area contributed by atoms with E-state index in [2.05, 4.69) is 61.6 Å². The standard InChI is InChI=1S/C20H23N/c1-3-21-20-12-19(13(20)2)15-8-9-18-16(11-15)10-14-6-4-5-7-17(14)18/h4-9,11,13,19-21H,3,10,12H2,1-2H3. The zero-order chi connectivity index (χ0) is 14.4. The number of nitrogens with one attached hydrogen (secondary N) is 1. The summed E-state index contributed by atoms with van der Waals surface area (Å²) in [5.74, 6) is 1.50. The molecule has 0 radical (unpaired) electrons. The van der Waals surface area contributed by atoms with Crippen LogP contribution in [0.3, 0.4) is 0 Å². The van der Waals surface area contributed by atoms with Gasteiger partial charge in [0.15, 0.2) is 0 Å². The van der Waals surface area contributed by atoms with E-state index in [0.29, 0.717) is 6.04 Å². The van der Waals surface area contributed by atoms with Crippen molar-refractivity contribution in [3.05, 3.63) is 59.2 Å². The summed E-state index contributed by atoms with van der Waals surface area (Å²) in [4.78, 5) is 0. The Labute approximate surface area is 127 Å². The molecule has 0 aromatic heterocycles. The molecule has 1 N–H and O–H groups in total. The van der Waals surface area contributed by atoms with Crippen LogP contribution in [0.5, 0.6) is 0 Å². The van der Waals surface area contributed by atoms with E-state index in [4.69, 9.17) is 0 Å². The highest BCUT2D eigenvalue weighted by Gasteiger charge is 2.38. The highest BCUT2D eigenvalue weighted by atomic mass is 14.9. The van der Waals surface area contributed by atoms with Gasteiger partial charge in [0, 0.05) is 6.04 Å². The molecule has 3 unspecified atom stereocenters. The van der Waals surface area contributed by atoms with Crippen molar-refractivity contribution in [1.82, 2.24) is 5.32 Å². The van der Waals surface area contributed by atoms with Crippen LogP contribution in [0.4, 0.5) is 0 Å². The molecule has 4 rings (SSSR count). The maximum atomic E-state index is 3.60. The fourth-order valence-corrected chi connectivity index (χ4v) is 4.15. The van der Waals surface area contributed by atoms with E-state index in [1.807, 2.05) is 0 Å². The maximum absolute atomic E-state index is 3.60. The molecule has 0 amide bonds. The lowest BCUT2D eigenvalue weighted by Crippen LogP contribution is -2.47. The van der Waals surface area contributed by atoms with Gasteiger partial charge in [0.25, 0.3) is 0 Å². The first-order valence-corrected chi connectivity index (χ1v) is 8.22. The highest BCUT2D eigenvalue weighted by molar-refractivity contribution is 5.77. The molecule has 1 nitrogen and oxygen atoms in total. The van der Waals surface area contributed by atoms with Gasteiger partial charge in [0.1, 0.15) is 0 Å². The van der Waals surface area contributed by atoms with Crippen LogP contribution < -0.4 is 5.32 Å². The zero-order valence-corrected chi connectivity index (χ0v) is 12.9. The van der Waals surface area contributed by atoms with E-state index >= 15 is 0 Å². The van der Waals surface area contributed by atoms with Gasteiger partial charge in [-0.2, -0.15) is 0 Å². The molecule has 108 valence electrons. The molecule has 0 spiro atoms. The Morgan fingerprint density at radius 1 is 1.05 bits per heavy atom. The number of rotatable bonds is 3. The average Bonchev–Trinajstić information content (AvgIpc) is 2.88. The van der Waals surface area contributed by atoms with E-state index in [1.54, 1.807) is 5.56 Å². The second-order valence-corrected chi connectivity index (χ2v) is 6.62. The van der Waals surface area contributed by atoms with Crippen LogP contribution in [0.25, 0.3) is 11.1 Å². The molecule has 0 aliphatic heterocycles.